The van der Waals surface area contributed by atoms with Crippen molar-refractivity contribution in [1.82, 2.24) is 4.90 Å². The molecule has 2 aromatic rings. The molecule has 0 spiro atoms. The van der Waals surface area contributed by atoms with Gasteiger partial charge < -0.3 is 15.4 Å². The van der Waals surface area contributed by atoms with E-state index in [1.165, 1.54) is 5.56 Å². The second-order valence-electron chi connectivity index (χ2n) is 5.69. The van der Waals surface area contributed by atoms with Crippen LogP contribution in [0.5, 0.6) is 5.75 Å². The van der Waals surface area contributed by atoms with Crippen LogP contribution in [0, 0.1) is 0 Å². The van der Waals surface area contributed by atoms with Gasteiger partial charge in [0, 0.05) is 25.2 Å². The minimum Gasteiger partial charge on any atom is -0.494 e. The smallest absolute Gasteiger partial charge is 0.254 e. The minimum atomic E-state index is -0.00155. The molecule has 24 heavy (non-hydrogen) atoms. The lowest BCUT2D eigenvalue weighted by Crippen LogP contribution is -2.36. The first-order chi connectivity index (χ1) is 11.7. The van der Waals surface area contributed by atoms with Gasteiger partial charge in [0.25, 0.3) is 5.91 Å². The maximum absolute atomic E-state index is 12.8. The monoisotopic (exact) mass is 326 g/mol. The molecule has 2 aromatic carbocycles. The number of ether oxygens (including phenoxy) is 1. The van der Waals surface area contributed by atoms with E-state index in [-0.39, 0.29) is 5.91 Å². The summed E-state index contributed by atoms with van der Waals surface area (Å²) in [6.45, 7) is 4.36. The molecule has 0 fully saturated rings. The van der Waals surface area contributed by atoms with Gasteiger partial charge in [-0.2, -0.15) is 0 Å². The first kappa shape index (κ1) is 18.0. The Balaban J connectivity index is 2.05. The molecule has 0 aliphatic rings. The molecule has 0 aromatic heterocycles. The fraction of sp³-hybridized carbons (Fsp3) is 0.350. The molecule has 1 amide bonds. The Bertz CT molecular complexity index is 629. The Morgan fingerprint density at radius 3 is 2.58 bits per heavy atom. The van der Waals surface area contributed by atoms with E-state index in [1.54, 1.807) is 0 Å². The van der Waals surface area contributed by atoms with Crippen molar-refractivity contribution in [1.29, 1.82) is 0 Å². The summed E-state index contributed by atoms with van der Waals surface area (Å²) >= 11 is 0. The van der Waals surface area contributed by atoms with Gasteiger partial charge in [-0.15, -0.1) is 0 Å². The van der Waals surface area contributed by atoms with E-state index in [0.29, 0.717) is 31.8 Å². The number of benzene rings is 2. The van der Waals surface area contributed by atoms with Gasteiger partial charge in [-0.25, -0.2) is 0 Å². The Labute approximate surface area is 144 Å². The molecule has 0 atom stereocenters. The van der Waals surface area contributed by atoms with Crippen LogP contribution >= 0.6 is 0 Å². The van der Waals surface area contributed by atoms with Crippen LogP contribution in [0.2, 0.25) is 0 Å². The maximum atomic E-state index is 12.8. The van der Waals surface area contributed by atoms with Crippen molar-refractivity contribution >= 4 is 5.91 Å². The van der Waals surface area contributed by atoms with E-state index >= 15 is 0 Å². The average Bonchev–Trinajstić information content (AvgIpc) is 2.64. The van der Waals surface area contributed by atoms with Crippen LogP contribution in [0.1, 0.15) is 29.3 Å². The fourth-order valence-corrected chi connectivity index (χ4v) is 2.50. The standard InChI is InChI=1S/C20H26N2O2/c1-2-15-24-19-10-6-9-18(16-19)20(23)22(14-12-21)13-11-17-7-4-3-5-8-17/h3-10,16H,2,11-15,21H2,1H3. The van der Waals surface area contributed by atoms with Crippen LogP contribution in [0.4, 0.5) is 0 Å². The van der Waals surface area contributed by atoms with Gasteiger partial charge in [0.15, 0.2) is 0 Å². The Morgan fingerprint density at radius 2 is 1.88 bits per heavy atom. The topological polar surface area (TPSA) is 55.6 Å². The largest absolute Gasteiger partial charge is 0.494 e. The van der Waals surface area contributed by atoms with Crippen LogP contribution < -0.4 is 10.5 Å². The molecule has 0 saturated carbocycles. The predicted octanol–water partition coefficient (Wildman–Crippen LogP) is 3.12. The molecule has 0 saturated heterocycles. The lowest BCUT2D eigenvalue weighted by molar-refractivity contribution is 0.0761. The van der Waals surface area contributed by atoms with Crippen molar-refractivity contribution in [2.75, 3.05) is 26.2 Å². The molecule has 2 rings (SSSR count). The number of nitrogens with zero attached hydrogens (tertiary/aromatic N) is 1. The highest BCUT2D eigenvalue weighted by Gasteiger charge is 2.15. The highest BCUT2D eigenvalue weighted by atomic mass is 16.5. The molecule has 0 heterocycles. The summed E-state index contributed by atoms with van der Waals surface area (Å²) in [5.74, 6) is 0.733. The quantitative estimate of drug-likeness (QED) is 0.770. The molecular weight excluding hydrogens is 300 g/mol. The molecule has 0 aliphatic carbocycles. The third kappa shape index (κ3) is 5.39. The van der Waals surface area contributed by atoms with Crippen molar-refractivity contribution in [3.8, 4) is 5.75 Å². The number of hydrogen-bond donors (Lipinski definition) is 1. The van der Waals surface area contributed by atoms with E-state index in [9.17, 15) is 4.79 Å². The highest BCUT2D eigenvalue weighted by molar-refractivity contribution is 5.94. The Hall–Kier alpha value is -2.33. The molecule has 0 unspecified atom stereocenters. The Kier molecular flexibility index (Phi) is 7.30. The predicted molar refractivity (Wildman–Crippen MR) is 97.3 cm³/mol. The molecule has 4 nitrogen and oxygen atoms in total. The SMILES string of the molecule is CCCOc1cccc(C(=O)N(CCN)CCc2ccccc2)c1. The van der Waals surface area contributed by atoms with Gasteiger partial charge >= 0.3 is 0 Å². The van der Waals surface area contributed by atoms with Crippen LogP contribution in [0.3, 0.4) is 0 Å². The second-order valence-corrected chi connectivity index (χ2v) is 5.69. The van der Waals surface area contributed by atoms with Crippen LogP contribution in [0.15, 0.2) is 54.6 Å². The lowest BCUT2D eigenvalue weighted by atomic mass is 10.1. The molecule has 4 heteroatoms. The van der Waals surface area contributed by atoms with Gasteiger partial charge in [-0.1, -0.05) is 43.3 Å². The first-order valence-electron chi connectivity index (χ1n) is 8.50. The second kappa shape index (κ2) is 9.73. The van der Waals surface area contributed by atoms with E-state index in [2.05, 4.69) is 19.1 Å². The number of hydrogen-bond acceptors (Lipinski definition) is 3. The Morgan fingerprint density at radius 1 is 1.08 bits per heavy atom. The fourth-order valence-electron chi connectivity index (χ4n) is 2.50. The summed E-state index contributed by atoms with van der Waals surface area (Å²) in [5, 5.41) is 0. The van der Waals surface area contributed by atoms with Gasteiger partial charge in [-0.05, 0) is 36.6 Å². The zero-order valence-corrected chi connectivity index (χ0v) is 14.3. The number of carbonyl (C=O) groups is 1. The minimum absolute atomic E-state index is 0.00155. The van der Waals surface area contributed by atoms with Crippen molar-refractivity contribution in [3.63, 3.8) is 0 Å². The van der Waals surface area contributed by atoms with Crippen molar-refractivity contribution < 1.29 is 9.53 Å². The zero-order valence-electron chi connectivity index (χ0n) is 14.3. The summed E-state index contributed by atoms with van der Waals surface area (Å²) in [7, 11) is 0. The van der Waals surface area contributed by atoms with E-state index < -0.39 is 0 Å². The van der Waals surface area contributed by atoms with E-state index in [1.807, 2.05) is 47.4 Å². The van der Waals surface area contributed by atoms with Crippen molar-refractivity contribution in [2.24, 2.45) is 5.73 Å². The number of rotatable bonds is 9. The number of carbonyl (C=O) groups excluding carboxylic acids is 1. The summed E-state index contributed by atoms with van der Waals surface area (Å²) in [4.78, 5) is 14.6. The molecule has 0 radical (unpaired) electrons. The number of amides is 1. The molecule has 0 aliphatic heterocycles. The maximum Gasteiger partial charge on any atom is 0.254 e. The normalized spacial score (nSPS) is 10.4. The summed E-state index contributed by atoms with van der Waals surface area (Å²) in [6.07, 6.45) is 1.76. The van der Waals surface area contributed by atoms with Gasteiger partial charge in [0.05, 0.1) is 6.61 Å². The van der Waals surface area contributed by atoms with Gasteiger partial charge in [0.2, 0.25) is 0 Å². The van der Waals surface area contributed by atoms with Crippen LogP contribution in [-0.4, -0.2) is 37.0 Å². The summed E-state index contributed by atoms with van der Waals surface area (Å²) in [6, 6.07) is 17.5. The lowest BCUT2D eigenvalue weighted by Gasteiger charge is -2.22. The van der Waals surface area contributed by atoms with Crippen LogP contribution in [0.25, 0.3) is 0 Å². The van der Waals surface area contributed by atoms with Crippen molar-refractivity contribution in [2.45, 2.75) is 19.8 Å². The summed E-state index contributed by atoms with van der Waals surface area (Å²) < 4.78 is 5.62. The number of nitrogens with two attached hydrogens (primary N) is 1. The van der Waals surface area contributed by atoms with Crippen molar-refractivity contribution in [3.05, 3.63) is 65.7 Å². The molecular formula is C20H26N2O2. The molecule has 128 valence electrons. The zero-order chi connectivity index (χ0) is 17.2. The third-order valence-corrected chi connectivity index (χ3v) is 3.75. The summed E-state index contributed by atoms with van der Waals surface area (Å²) in [5.41, 5.74) is 7.55. The average molecular weight is 326 g/mol. The van der Waals surface area contributed by atoms with Gasteiger partial charge in [-0.3, -0.25) is 4.79 Å². The first-order valence-corrected chi connectivity index (χ1v) is 8.50. The molecule has 0 bridgehead atoms. The van der Waals surface area contributed by atoms with E-state index in [4.69, 9.17) is 10.5 Å². The molecule has 2 N–H and O–H groups in total. The van der Waals surface area contributed by atoms with Crippen LogP contribution in [-0.2, 0) is 6.42 Å². The van der Waals surface area contributed by atoms with E-state index in [0.717, 1.165) is 18.6 Å². The third-order valence-electron chi connectivity index (χ3n) is 3.75. The van der Waals surface area contributed by atoms with Gasteiger partial charge in [0.1, 0.15) is 5.75 Å². The highest BCUT2D eigenvalue weighted by Crippen LogP contribution is 2.16.